The molecule has 0 aliphatic heterocycles. The van der Waals surface area contributed by atoms with E-state index in [1.807, 2.05) is 24.3 Å². The SMILES string of the molecule is BrC(Br)(Br)c1c[c]ccc1. The van der Waals surface area contributed by atoms with Gasteiger partial charge in [0, 0.05) is 0 Å². The van der Waals surface area contributed by atoms with Crippen LogP contribution in [0.3, 0.4) is 0 Å². The molecule has 53 valence electrons. The molecule has 1 aromatic carbocycles. The first-order valence-corrected chi connectivity index (χ1v) is 5.02. The highest BCUT2D eigenvalue weighted by Gasteiger charge is 2.19. The van der Waals surface area contributed by atoms with Crippen molar-refractivity contribution in [2.45, 2.75) is 2.14 Å². The summed E-state index contributed by atoms with van der Waals surface area (Å²) in [5, 5.41) is 0. The zero-order chi connectivity index (χ0) is 7.61. The maximum atomic E-state index is 3.40. The second kappa shape index (κ2) is 3.37. The van der Waals surface area contributed by atoms with Crippen LogP contribution in [0.1, 0.15) is 5.56 Å². The lowest BCUT2D eigenvalue weighted by Gasteiger charge is -2.10. The fourth-order valence-corrected chi connectivity index (χ4v) is 1.31. The normalized spacial score (nSPS) is 11.5. The Morgan fingerprint density at radius 2 is 2.00 bits per heavy atom. The molecule has 1 radical (unpaired) electrons. The fraction of sp³-hybridized carbons (Fsp3) is 0.143. The summed E-state index contributed by atoms with van der Waals surface area (Å²) in [5.74, 6) is 0. The summed E-state index contributed by atoms with van der Waals surface area (Å²) >= 11 is 10.2. The molecule has 0 aromatic heterocycles. The van der Waals surface area contributed by atoms with Gasteiger partial charge in [0.05, 0.1) is 0 Å². The van der Waals surface area contributed by atoms with Gasteiger partial charge in [0.15, 0.2) is 2.14 Å². The molecule has 3 heteroatoms. The molecule has 0 fully saturated rings. The van der Waals surface area contributed by atoms with E-state index in [1.54, 1.807) is 0 Å². The van der Waals surface area contributed by atoms with E-state index < -0.39 is 0 Å². The molecule has 0 bridgehead atoms. The molecule has 0 heterocycles. The highest BCUT2D eigenvalue weighted by molar-refractivity contribution is 9.38. The van der Waals surface area contributed by atoms with Gasteiger partial charge in [0.25, 0.3) is 0 Å². The van der Waals surface area contributed by atoms with Crippen molar-refractivity contribution < 1.29 is 0 Å². The largest absolute Gasteiger partial charge is 0.159 e. The first-order valence-electron chi connectivity index (χ1n) is 2.64. The van der Waals surface area contributed by atoms with Crippen LogP contribution >= 0.6 is 47.8 Å². The van der Waals surface area contributed by atoms with Gasteiger partial charge in [-0.05, 0) is 17.7 Å². The molecule has 0 atom stereocenters. The number of rotatable bonds is 0. The van der Waals surface area contributed by atoms with Gasteiger partial charge in [-0.2, -0.15) is 0 Å². The number of benzene rings is 1. The standard InChI is InChI=1S/C7H4Br3/c8-7(9,10)6-4-2-1-3-5-6/h1-2,4-5H. The lowest BCUT2D eigenvalue weighted by molar-refractivity contribution is 1.37. The van der Waals surface area contributed by atoms with Gasteiger partial charge in [-0.15, -0.1) is 0 Å². The highest BCUT2D eigenvalue weighted by atomic mass is 80.0. The molecule has 0 unspecified atom stereocenters. The van der Waals surface area contributed by atoms with Crippen LogP contribution in [0.5, 0.6) is 0 Å². The van der Waals surface area contributed by atoms with Gasteiger partial charge >= 0.3 is 0 Å². The summed E-state index contributed by atoms with van der Waals surface area (Å²) in [6.45, 7) is 0. The van der Waals surface area contributed by atoms with Crippen LogP contribution < -0.4 is 0 Å². The van der Waals surface area contributed by atoms with Gasteiger partial charge in [-0.25, -0.2) is 0 Å². The number of hydrogen-bond donors (Lipinski definition) is 0. The summed E-state index contributed by atoms with van der Waals surface area (Å²) in [4.78, 5) is 0. The fourth-order valence-electron chi connectivity index (χ4n) is 0.570. The van der Waals surface area contributed by atoms with E-state index in [1.165, 1.54) is 0 Å². The molecule has 0 N–H and O–H groups in total. The van der Waals surface area contributed by atoms with Crippen molar-refractivity contribution in [2.24, 2.45) is 0 Å². The van der Waals surface area contributed by atoms with E-state index in [9.17, 15) is 0 Å². The Labute approximate surface area is 85.4 Å². The average molecular weight is 328 g/mol. The summed E-state index contributed by atoms with van der Waals surface area (Å²) in [5.41, 5.74) is 1.09. The predicted molar refractivity (Wildman–Crippen MR) is 53.7 cm³/mol. The summed E-state index contributed by atoms with van der Waals surface area (Å²) in [7, 11) is 0. The lowest BCUT2D eigenvalue weighted by Crippen LogP contribution is -1.95. The molecule has 1 aromatic rings. The number of hydrogen-bond acceptors (Lipinski definition) is 0. The van der Waals surface area contributed by atoms with Crippen molar-refractivity contribution in [3.8, 4) is 0 Å². The zero-order valence-electron chi connectivity index (χ0n) is 4.94. The molecule has 10 heavy (non-hydrogen) atoms. The van der Waals surface area contributed by atoms with Crippen molar-refractivity contribution in [2.75, 3.05) is 0 Å². The highest BCUT2D eigenvalue weighted by Crippen LogP contribution is 2.43. The van der Waals surface area contributed by atoms with E-state index >= 15 is 0 Å². The molecular weight excluding hydrogens is 324 g/mol. The first-order chi connectivity index (χ1) is 4.61. The van der Waals surface area contributed by atoms with Gasteiger partial charge in [-0.3, -0.25) is 0 Å². The molecule has 0 amide bonds. The van der Waals surface area contributed by atoms with Crippen LogP contribution in [0.15, 0.2) is 24.3 Å². The molecule has 0 saturated heterocycles. The Bertz CT molecular complexity index is 200. The minimum absolute atomic E-state index is 0.301. The monoisotopic (exact) mass is 325 g/mol. The number of halogens is 3. The third-order valence-corrected chi connectivity index (χ3v) is 2.41. The Balaban J connectivity index is 2.97. The quantitative estimate of drug-likeness (QED) is 0.636. The Hall–Kier alpha value is 0.660. The second-order valence-corrected chi connectivity index (χ2v) is 8.55. The van der Waals surface area contributed by atoms with Crippen molar-refractivity contribution >= 4 is 47.8 Å². The third-order valence-electron chi connectivity index (χ3n) is 1.03. The summed E-state index contributed by atoms with van der Waals surface area (Å²) < 4.78 is -0.301. The number of alkyl halides is 3. The molecular formula is C7H4Br3. The Kier molecular flexibility index (Phi) is 2.95. The topological polar surface area (TPSA) is 0 Å². The maximum Gasteiger partial charge on any atom is 0.159 e. The van der Waals surface area contributed by atoms with Crippen LogP contribution in [-0.2, 0) is 2.14 Å². The zero-order valence-corrected chi connectivity index (χ0v) is 9.70. The van der Waals surface area contributed by atoms with E-state index in [0.29, 0.717) is 0 Å². The predicted octanol–water partition coefficient (Wildman–Crippen LogP) is 3.78. The molecule has 0 saturated carbocycles. The molecule has 0 aliphatic carbocycles. The van der Waals surface area contributed by atoms with Gasteiger partial charge in [-0.1, -0.05) is 66.0 Å². The van der Waals surface area contributed by atoms with Crippen molar-refractivity contribution in [1.82, 2.24) is 0 Å². The smallest absolute Gasteiger partial charge is 0.0613 e. The Morgan fingerprint density at radius 1 is 1.30 bits per heavy atom. The third kappa shape index (κ3) is 2.36. The van der Waals surface area contributed by atoms with Crippen LogP contribution in [0, 0.1) is 6.07 Å². The van der Waals surface area contributed by atoms with Crippen molar-refractivity contribution in [1.29, 1.82) is 0 Å². The van der Waals surface area contributed by atoms with Crippen LogP contribution in [0.2, 0.25) is 0 Å². The van der Waals surface area contributed by atoms with Gasteiger partial charge in [0.2, 0.25) is 0 Å². The van der Waals surface area contributed by atoms with Gasteiger partial charge < -0.3 is 0 Å². The molecule has 0 aliphatic rings. The second-order valence-electron chi connectivity index (χ2n) is 1.79. The van der Waals surface area contributed by atoms with E-state index in [-0.39, 0.29) is 2.14 Å². The van der Waals surface area contributed by atoms with Crippen LogP contribution in [0.4, 0.5) is 0 Å². The van der Waals surface area contributed by atoms with E-state index in [0.717, 1.165) is 5.56 Å². The van der Waals surface area contributed by atoms with Crippen LogP contribution in [0.25, 0.3) is 0 Å². The minimum atomic E-state index is -0.301. The van der Waals surface area contributed by atoms with Gasteiger partial charge in [0.1, 0.15) is 0 Å². The maximum absolute atomic E-state index is 3.40. The van der Waals surface area contributed by atoms with Crippen molar-refractivity contribution in [3.05, 3.63) is 35.9 Å². The lowest BCUT2D eigenvalue weighted by atomic mass is 10.2. The molecule has 1 rings (SSSR count). The minimum Gasteiger partial charge on any atom is -0.0613 e. The van der Waals surface area contributed by atoms with E-state index in [4.69, 9.17) is 0 Å². The van der Waals surface area contributed by atoms with E-state index in [2.05, 4.69) is 53.9 Å². The summed E-state index contributed by atoms with van der Waals surface area (Å²) in [6.07, 6.45) is 0. The Morgan fingerprint density at radius 3 is 2.30 bits per heavy atom. The molecule has 0 nitrogen and oxygen atoms in total. The summed E-state index contributed by atoms with van der Waals surface area (Å²) in [6, 6.07) is 10.7. The molecule has 0 spiro atoms. The average Bonchev–Trinajstić information content (AvgIpc) is 1.88. The van der Waals surface area contributed by atoms with Crippen molar-refractivity contribution in [3.63, 3.8) is 0 Å². The first kappa shape index (κ1) is 8.75. The van der Waals surface area contributed by atoms with Crippen LogP contribution in [-0.4, -0.2) is 0 Å².